The second-order valence-electron chi connectivity index (χ2n) is 14.9. The Bertz CT molecular complexity index is 1320. The third-order valence-electron chi connectivity index (χ3n) is 10.8. The molecule has 0 amide bonds. The quantitative estimate of drug-likeness (QED) is 0.0464. The SMILES string of the molecule is CCCCCC[B-](c1cccc(C(F)(F)F)c1)(c1cccc(C(F)(F)F)c1)c1cccc(C(F)(F)F)c1.CCCC[N+](CCCC)(CCCC)CCCC. The fourth-order valence-corrected chi connectivity index (χ4v) is 7.66. The lowest BCUT2D eigenvalue weighted by molar-refractivity contribution is -0.929. The van der Waals surface area contributed by atoms with Gasteiger partial charge in [-0.25, -0.2) is 0 Å². The van der Waals surface area contributed by atoms with Gasteiger partial charge in [0, 0.05) is 0 Å². The lowest BCUT2D eigenvalue weighted by atomic mass is 9.14. The predicted molar refractivity (Wildman–Crippen MR) is 207 cm³/mol. The summed E-state index contributed by atoms with van der Waals surface area (Å²) in [5.74, 6) is 0. The second kappa shape index (κ2) is 22.0. The summed E-state index contributed by atoms with van der Waals surface area (Å²) in [6.45, 7) is 17.0. The summed E-state index contributed by atoms with van der Waals surface area (Å²) in [6, 6.07) is 12.5. The van der Waals surface area contributed by atoms with Gasteiger partial charge in [0.1, 0.15) is 0 Å². The zero-order valence-electron chi connectivity index (χ0n) is 32.9. The summed E-state index contributed by atoms with van der Waals surface area (Å²) in [6.07, 6.45) is -3.15. The van der Waals surface area contributed by atoms with E-state index in [-0.39, 0.29) is 22.7 Å². The van der Waals surface area contributed by atoms with Crippen molar-refractivity contribution >= 4 is 22.5 Å². The van der Waals surface area contributed by atoms with Crippen molar-refractivity contribution in [3.8, 4) is 0 Å². The number of quaternary nitrogens is 1. The number of nitrogens with zero attached hydrogens (tertiary/aromatic N) is 1. The molecular weight excluding hydrogens is 712 g/mol. The molecule has 3 rings (SSSR count). The van der Waals surface area contributed by atoms with Gasteiger partial charge in [-0.3, -0.25) is 0 Å². The van der Waals surface area contributed by atoms with Crippen molar-refractivity contribution in [2.45, 2.75) is 137 Å². The molecule has 0 aliphatic rings. The van der Waals surface area contributed by atoms with Gasteiger partial charge >= 0.3 is 18.5 Å². The smallest absolute Gasteiger partial charge is 0.324 e. The van der Waals surface area contributed by atoms with E-state index >= 15 is 0 Å². The molecule has 0 bridgehead atoms. The maximum absolute atomic E-state index is 13.7. The van der Waals surface area contributed by atoms with Gasteiger partial charge in [-0.15, -0.1) is 0 Å². The van der Waals surface area contributed by atoms with Crippen LogP contribution in [0.4, 0.5) is 39.5 Å². The van der Waals surface area contributed by atoms with E-state index in [1.807, 2.05) is 6.92 Å². The molecule has 1 nitrogen and oxygen atoms in total. The number of unbranched alkanes of at least 4 members (excludes halogenated alkanes) is 7. The third kappa shape index (κ3) is 14.0. The normalized spacial score (nSPS) is 12.8. The van der Waals surface area contributed by atoms with Crippen LogP contribution < -0.4 is 16.4 Å². The van der Waals surface area contributed by atoms with E-state index in [4.69, 9.17) is 0 Å². The van der Waals surface area contributed by atoms with E-state index in [1.165, 1.54) is 100 Å². The van der Waals surface area contributed by atoms with E-state index in [2.05, 4.69) is 27.7 Å². The molecule has 54 heavy (non-hydrogen) atoms. The van der Waals surface area contributed by atoms with Crippen LogP contribution in [-0.4, -0.2) is 36.8 Å². The molecular formula is C43H61BF9N. The first-order valence-corrected chi connectivity index (χ1v) is 20.0. The van der Waals surface area contributed by atoms with Crippen molar-refractivity contribution in [3.05, 3.63) is 89.5 Å². The molecule has 0 heterocycles. The molecule has 0 saturated heterocycles. The average molecular weight is 774 g/mol. The summed E-state index contributed by atoms with van der Waals surface area (Å²) < 4.78 is 124. The fourth-order valence-electron chi connectivity index (χ4n) is 7.66. The topological polar surface area (TPSA) is 0 Å². The van der Waals surface area contributed by atoms with E-state index in [9.17, 15) is 39.5 Å². The third-order valence-corrected chi connectivity index (χ3v) is 10.8. The van der Waals surface area contributed by atoms with Crippen LogP contribution in [0.25, 0.3) is 0 Å². The van der Waals surface area contributed by atoms with Crippen LogP contribution in [0.5, 0.6) is 0 Å². The van der Waals surface area contributed by atoms with Crippen molar-refractivity contribution < 1.29 is 44.0 Å². The number of halogens is 9. The summed E-state index contributed by atoms with van der Waals surface area (Å²) in [7, 11) is 0. The molecule has 0 unspecified atom stereocenters. The van der Waals surface area contributed by atoms with Crippen molar-refractivity contribution in [1.29, 1.82) is 0 Å². The van der Waals surface area contributed by atoms with E-state index in [1.54, 1.807) is 0 Å². The minimum Gasteiger partial charge on any atom is -0.324 e. The zero-order chi connectivity index (χ0) is 40.5. The molecule has 0 radical (unpaired) electrons. The Labute approximate surface area is 318 Å². The molecule has 0 spiro atoms. The standard InChI is InChI=1S/C27H25BF9.C16H36N/c1-2-3-4-5-15-28(22-12-6-9-19(16-22)25(29,30)31,23-13-7-10-20(17-23)26(32,33)34)24-14-8-11-21(18-24)27(35,36)37;1-5-9-13-17(14-10-6-2,15-11-7-3)16-12-8-4/h6-14,16-18H,2-5,15H2,1H3;5-16H2,1-4H3/q-1;+1. The molecule has 0 fully saturated rings. The Kier molecular flexibility index (Phi) is 19.2. The highest BCUT2D eigenvalue weighted by Gasteiger charge is 2.38. The van der Waals surface area contributed by atoms with Crippen LogP contribution in [0.2, 0.25) is 6.32 Å². The number of hydrogen-bond donors (Lipinski definition) is 0. The highest BCUT2D eigenvalue weighted by molar-refractivity contribution is 7.11. The lowest BCUT2D eigenvalue weighted by Gasteiger charge is -2.44. The molecule has 0 atom stereocenters. The molecule has 0 N–H and O–H groups in total. The monoisotopic (exact) mass is 773 g/mol. The second-order valence-corrected chi connectivity index (χ2v) is 14.9. The first kappa shape index (κ1) is 47.2. The van der Waals surface area contributed by atoms with Gasteiger partial charge in [-0.05, 0) is 25.7 Å². The van der Waals surface area contributed by atoms with Crippen LogP contribution in [0.1, 0.15) is 128 Å². The van der Waals surface area contributed by atoms with E-state index in [0.29, 0.717) is 12.8 Å². The molecule has 304 valence electrons. The van der Waals surface area contributed by atoms with Crippen LogP contribution >= 0.6 is 0 Å². The molecule has 3 aromatic carbocycles. The highest BCUT2D eigenvalue weighted by Crippen LogP contribution is 2.33. The van der Waals surface area contributed by atoms with Crippen molar-refractivity contribution in [3.63, 3.8) is 0 Å². The first-order valence-electron chi connectivity index (χ1n) is 20.0. The van der Waals surface area contributed by atoms with Crippen LogP contribution in [0.15, 0.2) is 72.8 Å². The van der Waals surface area contributed by atoms with Gasteiger partial charge in [0.15, 0.2) is 0 Å². The minimum atomic E-state index is -4.75. The molecule has 0 saturated carbocycles. The Morgan fingerprint density at radius 1 is 0.407 bits per heavy atom. The van der Waals surface area contributed by atoms with E-state index < -0.39 is 41.4 Å². The van der Waals surface area contributed by atoms with Gasteiger partial charge in [0.05, 0.1) is 49.0 Å². The average Bonchev–Trinajstić information content (AvgIpc) is 3.14. The van der Waals surface area contributed by atoms with Gasteiger partial charge in [-0.2, -0.15) is 62.2 Å². The molecule has 11 heteroatoms. The number of benzene rings is 3. The van der Waals surface area contributed by atoms with Crippen LogP contribution in [0, 0.1) is 0 Å². The predicted octanol–water partition coefficient (Wildman–Crippen LogP) is 12.8. The molecule has 0 aliphatic heterocycles. The van der Waals surface area contributed by atoms with Crippen molar-refractivity contribution in [2.75, 3.05) is 26.2 Å². The Balaban J connectivity index is 0.000000500. The van der Waals surface area contributed by atoms with Crippen molar-refractivity contribution in [2.24, 2.45) is 0 Å². The molecule has 0 aliphatic carbocycles. The number of hydrogen-bond acceptors (Lipinski definition) is 0. The first-order chi connectivity index (χ1) is 25.4. The number of alkyl halides is 9. The van der Waals surface area contributed by atoms with Gasteiger partial charge in [0.2, 0.25) is 0 Å². The van der Waals surface area contributed by atoms with Crippen LogP contribution in [-0.2, 0) is 18.5 Å². The van der Waals surface area contributed by atoms with Gasteiger partial charge < -0.3 is 4.48 Å². The fraction of sp³-hybridized carbons (Fsp3) is 0.581. The summed E-state index contributed by atoms with van der Waals surface area (Å²) in [5.41, 5.74) is -2.98. The largest absolute Gasteiger partial charge is 0.416 e. The Morgan fingerprint density at radius 3 is 0.963 bits per heavy atom. The van der Waals surface area contributed by atoms with Crippen molar-refractivity contribution in [1.82, 2.24) is 0 Å². The minimum absolute atomic E-state index is 0.0324. The summed E-state index contributed by atoms with van der Waals surface area (Å²) in [4.78, 5) is 0. The Hall–Kier alpha value is -2.95. The number of rotatable bonds is 20. The zero-order valence-corrected chi connectivity index (χ0v) is 32.9. The maximum atomic E-state index is 13.7. The lowest BCUT2D eigenvalue weighted by Crippen LogP contribution is -2.67. The van der Waals surface area contributed by atoms with Crippen LogP contribution in [0.3, 0.4) is 0 Å². The van der Waals surface area contributed by atoms with E-state index in [0.717, 1.165) is 67.4 Å². The Morgan fingerprint density at radius 2 is 0.704 bits per heavy atom. The van der Waals surface area contributed by atoms with Gasteiger partial charge in [-0.1, -0.05) is 159 Å². The highest BCUT2D eigenvalue weighted by atomic mass is 19.4. The van der Waals surface area contributed by atoms with Gasteiger partial charge in [0.25, 0.3) is 0 Å². The maximum Gasteiger partial charge on any atom is 0.416 e. The molecule has 0 aromatic heterocycles. The summed E-state index contributed by atoms with van der Waals surface area (Å²) >= 11 is 0. The summed E-state index contributed by atoms with van der Waals surface area (Å²) in [5, 5.41) is 0. The molecule has 3 aromatic rings.